The number of piperidine rings is 1. The van der Waals surface area contributed by atoms with Crippen molar-refractivity contribution in [3.8, 4) is 6.07 Å². The zero-order valence-electron chi connectivity index (χ0n) is 17.2. The number of amides is 1. The second-order valence-corrected chi connectivity index (χ2v) is 7.85. The molecule has 2 rings (SSSR count). The smallest absolute Gasteiger partial charge is 0.338 e. The Morgan fingerprint density at radius 3 is 2.72 bits per heavy atom. The molecule has 1 saturated heterocycles. The van der Waals surface area contributed by atoms with Gasteiger partial charge in [-0.3, -0.25) is 14.9 Å². The molecule has 1 aliphatic rings. The number of likely N-dealkylation sites (N-methyl/N-ethyl adjacent to an activating group) is 1. The second-order valence-electron chi connectivity index (χ2n) is 7.85. The molecule has 0 aliphatic carbocycles. The maximum absolute atomic E-state index is 12.3. The van der Waals surface area contributed by atoms with Gasteiger partial charge in [-0.25, -0.2) is 4.79 Å². The number of carbonyl (C=O) groups excluding carboxylic acids is 2. The fourth-order valence-electron chi connectivity index (χ4n) is 3.17. The lowest BCUT2D eigenvalue weighted by Crippen LogP contribution is -2.45. The van der Waals surface area contributed by atoms with E-state index in [0.717, 1.165) is 25.9 Å². The summed E-state index contributed by atoms with van der Waals surface area (Å²) in [5, 5.41) is 20.6. The Kier molecular flexibility index (Phi) is 6.80. The van der Waals surface area contributed by atoms with Crippen molar-refractivity contribution in [2.24, 2.45) is 5.92 Å². The normalized spacial score (nSPS) is 16.7. The van der Waals surface area contributed by atoms with E-state index in [2.05, 4.69) is 6.92 Å². The van der Waals surface area contributed by atoms with Gasteiger partial charge in [-0.15, -0.1) is 0 Å². The third-order valence-electron chi connectivity index (χ3n) is 5.22. The number of ether oxygens (including phenoxy) is 1. The summed E-state index contributed by atoms with van der Waals surface area (Å²) in [7, 11) is 1.44. The van der Waals surface area contributed by atoms with Gasteiger partial charge in [0.25, 0.3) is 11.6 Å². The first-order chi connectivity index (χ1) is 13.6. The van der Waals surface area contributed by atoms with Gasteiger partial charge in [-0.05, 0) is 44.7 Å². The van der Waals surface area contributed by atoms with Gasteiger partial charge in [0.05, 0.1) is 16.6 Å². The van der Waals surface area contributed by atoms with E-state index >= 15 is 0 Å². The fraction of sp³-hybridized carbons (Fsp3) is 0.550. The molecule has 0 aromatic heterocycles. The molecule has 1 aliphatic heterocycles. The molecule has 0 unspecified atom stereocenters. The molecule has 156 valence electrons. The summed E-state index contributed by atoms with van der Waals surface area (Å²) in [4.78, 5) is 38.6. The molecule has 0 bridgehead atoms. The molecule has 29 heavy (non-hydrogen) atoms. The number of esters is 1. The van der Waals surface area contributed by atoms with Crippen molar-refractivity contribution in [1.82, 2.24) is 4.90 Å². The van der Waals surface area contributed by atoms with Crippen LogP contribution in [0.4, 0.5) is 11.4 Å². The maximum atomic E-state index is 12.3. The number of benzene rings is 1. The Labute approximate surface area is 170 Å². The largest absolute Gasteiger partial charge is 0.452 e. The van der Waals surface area contributed by atoms with Crippen LogP contribution in [0.15, 0.2) is 18.2 Å². The number of carbonyl (C=O) groups is 2. The molecule has 9 heteroatoms. The number of nitriles is 1. The van der Waals surface area contributed by atoms with Crippen LogP contribution in [-0.4, -0.2) is 54.0 Å². The number of rotatable bonds is 6. The van der Waals surface area contributed by atoms with Gasteiger partial charge in [0.15, 0.2) is 6.61 Å². The average Bonchev–Trinajstić information content (AvgIpc) is 2.70. The highest BCUT2D eigenvalue weighted by molar-refractivity contribution is 5.93. The van der Waals surface area contributed by atoms with Crippen LogP contribution in [0.25, 0.3) is 0 Å². The lowest BCUT2D eigenvalue weighted by atomic mass is 9.99. The van der Waals surface area contributed by atoms with Crippen LogP contribution < -0.4 is 4.90 Å². The molecule has 0 spiro atoms. The van der Waals surface area contributed by atoms with Gasteiger partial charge in [-0.2, -0.15) is 5.26 Å². The van der Waals surface area contributed by atoms with Crippen LogP contribution in [0.3, 0.4) is 0 Å². The van der Waals surface area contributed by atoms with Crippen molar-refractivity contribution in [3.05, 3.63) is 33.9 Å². The predicted octanol–water partition coefficient (Wildman–Crippen LogP) is 2.75. The Balaban J connectivity index is 2.13. The van der Waals surface area contributed by atoms with Crippen molar-refractivity contribution in [1.29, 1.82) is 5.26 Å². The second kappa shape index (κ2) is 8.90. The average molecular weight is 402 g/mol. The first kappa shape index (κ1) is 22.1. The number of nitro groups is 1. The third-order valence-corrected chi connectivity index (χ3v) is 5.22. The Bertz CT molecular complexity index is 846. The fourth-order valence-corrected chi connectivity index (χ4v) is 3.17. The van der Waals surface area contributed by atoms with E-state index in [4.69, 9.17) is 10.00 Å². The van der Waals surface area contributed by atoms with Crippen molar-refractivity contribution < 1.29 is 19.2 Å². The third kappa shape index (κ3) is 5.22. The minimum Gasteiger partial charge on any atom is -0.452 e. The Morgan fingerprint density at radius 2 is 2.14 bits per heavy atom. The number of nitro benzene ring substituents is 1. The van der Waals surface area contributed by atoms with Crippen molar-refractivity contribution >= 4 is 23.3 Å². The molecule has 0 N–H and O–H groups in total. The van der Waals surface area contributed by atoms with Crippen LogP contribution in [0, 0.1) is 27.4 Å². The molecule has 1 amide bonds. The van der Waals surface area contributed by atoms with Crippen molar-refractivity contribution in [3.63, 3.8) is 0 Å². The summed E-state index contributed by atoms with van der Waals surface area (Å²) < 4.78 is 5.01. The Morgan fingerprint density at radius 1 is 1.45 bits per heavy atom. The van der Waals surface area contributed by atoms with E-state index < -0.39 is 28.9 Å². The summed E-state index contributed by atoms with van der Waals surface area (Å²) >= 11 is 0. The molecular formula is C20H26N4O5. The van der Waals surface area contributed by atoms with E-state index in [-0.39, 0.29) is 11.3 Å². The van der Waals surface area contributed by atoms with Crippen molar-refractivity contribution in [2.75, 3.05) is 31.6 Å². The molecule has 1 atom stereocenters. The van der Waals surface area contributed by atoms with Crippen LogP contribution in [0.2, 0.25) is 0 Å². The molecular weight excluding hydrogens is 376 g/mol. The van der Waals surface area contributed by atoms with Crippen LogP contribution >= 0.6 is 0 Å². The number of anilines is 1. The first-order valence-corrected chi connectivity index (χ1v) is 9.45. The molecule has 1 fully saturated rings. The number of hydrogen-bond donors (Lipinski definition) is 0. The zero-order valence-corrected chi connectivity index (χ0v) is 17.2. The Hall–Kier alpha value is -3.15. The highest BCUT2D eigenvalue weighted by Crippen LogP contribution is 2.32. The topological polar surface area (TPSA) is 117 Å². The van der Waals surface area contributed by atoms with Gasteiger partial charge in [0.1, 0.15) is 11.2 Å². The van der Waals surface area contributed by atoms with E-state index in [0.29, 0.717) is 11.6 Å². The van der Waals surface area contributed by atoms with Crippen LogP contribution in [-0.2, 0) is 9.53 Å². The van der Waals surface area contributed by atoms with Gasteiger partial charge < -0.3 is 14.5 Å². The van der Waals surface area contributed by atoms with Crippen molar-refractivity contribution in [2.45, 2.75) is 39.2 Å². The van der Waals surface area contributed by atoms with Gasteiger partial charge >= 0.3 is 5.97 Å². The lowest BCUT2D eigenvalue weighted by Gasteiger charge is -2.32. The molecule has 0 saturated carbocycles. The van der Waals surface area contributed by atoms with Crippen LogP contribution in [0.1, 0.15) is 44.0 Å². The maximum Gasteiger partial charge on any atom is 0.338 e. The highest BCUT2D eigenvalue weighted by atomic mass is 16.6. The molecule has 1 aromatic rings. The molecule has 9 nitrogen and oxygen atoms in total. The van der Waals surface area contributed by atoms with E-state index in [9.17, 15) is 19.7 Å². The standard InChI is InChI=1S/C20H26N4O5/c1-14-6-5-9-23(11-14)16-8-7-15(10-17(16)24(27)28)19(26)29-12-18(25)22(4)20(2,3)13-21/h7-8,10,14H,5-6,9,11-12H2,1-4H3/t14-/m0/s1. The minimum absolute atomic E-state index is 0.000467. The summed E-state index contributed by atoms with van der Waals surface area (Å²) in [6.07, 6.45) is 2.04. The SMILES string of the molecule is C[C@H]1CCCN(c2ccc(C(=O)OCC(=O)N(C)C(C)(C)C#N)cc2[N+](=O)[O-])C1. The monoisotopic (exact) mass is 402 g/mol. The summed E-state index contributed by atoms with van der Waals surface area (Å²) in [6.45, 7) is 6.13. The summed E-state index contributed by atoms with van der Waals surface area (Å²) in [6, 6.07) is 6.20. The van der Waals surface area contributed by atoms with Crippen LogP contribution in [0.5, 0.6) is 0 Å². The van der Waals surface area contributed by atoms with E-state index in [1.165, 1.54) is 24.1 Å². The molecule has 1 heterocycles. The van der Waals surface area contributed by atoms with E-state index in [1.807, 2.05) is 11.0 Å². The van der Waals surface area contributed by atoms with E-state index in [1.54, 1.807) is 19.9 Å². The summed E-state index contributed by atoms with van der Waals surface area (Å²) in [5.41, 5.74) is -0.733. The quantitative estimate of drug-likeness (QED) is 0.408. The lowest BCUT2D eigenvalue weighted by molar-refractivity contribution is -0.384. The summed E-state index contributed by atoms with van der Waals surface area (Å²) in [5.74, 6) is -0.935. The van der Waals surface area contributed by atoms with Gasteiger partial charge in [-0.1, -0.05) is 6.92 Å². The highest BCUT2D eigenvalue weighted by Gasteiger charge is 2.29. The van der Waals surface area contributed by atoms with Gasteiger partial charge in [0, 0.05) is 26.2 Å². The molecule has 1 aromatic carbocycles. The van der Waals surface area contributed by atoms with Gasteiger partial charge in [0.2, 0.25) is 0 Å². The molecule has 0 radical (unpaired) electrons. The predicted molar refractivity (Wildman–Crippen MR) is 106 cm³/mol. The zero-order chi connectivity index (χ0) is 21.8. The minimum atomic E-state index is -1.05. The number of nitrogens with zero attached hydrogens (tertiary/aromatic N) is 4. The first-order valence-electron chi connectivity index (χ1n) is 9.45. The number of hydrogen-bond acceptors (Lipinski definition) is 7.